The van der Waals surface area contributed by atoms with Crippen LogP contribution in [0.25, 0.3) is 0 Å². The summed E-state index contributed by atoms with van der Waals surface area (Å²) in [6, 6.07) is 8.38. The third kappa shape index (κ3) is 2.48. The van der Waals surface area contributed by atoms with Crippen LogP contribution in [0.2, 0.25) is 0 Å². The lowest BCUT2D eigenvalue weighted by Gasteiger charge is -2.36. The zero-order chi connectivity index (χ0) is 11.5. The van der Waals surface area contributed by atoms with E-state index in [1.165, 1.54) is 9.26 Å². The molecule has 0 bridgehead atoms. The molecule has 3 nitrogen and oxygen atoms in total. The van der Waals surface area contributed by atoms with Gasteiger partial charge in [-0.3, -0.25) is 4.79 Å². The van der Waals surface area contributed by atoms with Crippen molar-refractivity contribution >= 4 is 34.2 Å². The van der Waals surface area contributed by atoms with Gasteiger partial charge in [-0.15, -0.1) is 0 Å². The van der Waals surface area contributed by atoms with E-state index in [9.17, 15) is 4.79 Å². The Bertz CT molecular complexity index is 386. The third-order valence-corrected chi connectivity index (χ3v) is 3.83. The van der Waals surface area contributed by atoms with Crippen molar-refractivity contribution < 1.29 is 4.79 Å². The van der Waals surface area contributed by atoms with E-state index in [1.54, 1.807) is 6.92 Å². The smallest absolute Gasteiger partial charge is 0.219 e. The van der Waals surface area contributed by atoms with Crippen molar-refractivity contribution in [2.45, 2.75) is 6.92 Å². The second-order valence-electron chi connectivity index (χ2n) is 3.94. The Morgan fingerprint density at radius 3 is 2.38 bits per heavy atom. The molecule has 4 heteroatoms. The Hall–Kier alpha value is -0.780. The molecular weight excluding hydrogens is 315 g/mol. The standard InChI is InChI=1S/C12H15IN2O/c1-10(16)14-6-8-15(9-7-14)12-5-3-2-4-11(12)13/h2-5H,6-9H2,1H3. The number of hydrogen-bond acceptors (Lipinski definition) is 2. The largest absolute Gasteiger partial charge is 0.367 e. The summed E-state index contributed by atoms with van der Waals surface area (Å²) in [6.45, 7) is 5.17. The lowest BCUT2D eigenvalue weighted by atomic mass is 10.2. The first kappa shape index (κ1) is 11.7. The van der Waals surface area contributed by atoms with E-state index in [0.717, 1.165) is 26.2 Å². The molecule has 16 heavy (non-hydrogen) atoms. The molecule has 0 radical (unpaired) electrons. The molecule has 1 heterocycles. The highest BCUT2D eigenvalue weighted by Gasteiger charge is 2.19. The Morgan fingerprint density at radius 2 is 1.81 bits per heavy atom. The second kappa shape index (κ2) is 5.03. The zero-order valence-corrected chi connectivity index (χ0v) is 11.5. The lowest BCUT2D eigenvalue weighted by molar-refractivity contribution is -0.129. The van der Waals surface area contributed by atoms with Crippen molar-refractivity contribution in [2.75, 3.05) is 31.1 Å². The van der Waals surface area contributed by atoms with Crippen LogP contribution in [0.4, 0.5) is 5.69 Å². The number of nitrogens with zero attached hydrogens (tertiary/aromatic N) is 2. The summed E-state index contributed by atoms with van der Waals surface area (Å²) in [4.78, 5) is 15.5. The fraction of sp³-hybridized carbons (Fsp3) is 0.417. The SMILES string of the molecule is CC(=O)N1CCN(c2ccccc2I)CC1. The summed E-state index contributed by atoms with van der Waals surface area (Å²) in [5.41, 5.74) is 1.28. The minimum Gasteiger partial charge on any atom is -0.367 e. The normalized spacial score (nSPS) is 16.4. The van der Waals surface area contributed by atoms with Crippen LogP contribution in [0.3, 0.4) is 0 Å². The van der Waals surface area contributed by atoms with E-state index in [0.29, 0.717) is 0 Å². The predicted molar refractivity (Wildman–Crippen MR) is 73.6 cm³/mol. The van der Waals surface area contributed by atoms with Crippen molar-refractivity contribution in [3.63, 3.8) is 0 Å². The molecule has 86 valence electrons. The van der Waals surface area contributed by atoms with E-state index in [2.05, 4.69) is 51.8 Å². The van der Waals surface area contributed by atoms with Crippen molar-refractivity contribution in [3.8, 4) is 0 Å². The lowest BCUT2D eigenvalue weighted by Crippen LogP contribution is -2.48. The van der Waals surface area contributed by atoms with Crippen molar-refractivity contribution in [2.24, 2.45) is 0 Å². The fourth-order valence-corrected chi connectivity index (χ4v) is 2.70. The molecule has 0 atom stereocenters. The summed E-state index contributed by atoms with van der Waals surface area (Å²) >= 11 is 2.36. The van der Waals surface area contributed by atoms with Crippen LogP contribution >= 0.6 is 22.6 Å². The predicted octanol–water partition coefficient (Wildman–Crippen LogP) is 1.96. The molecule has 1 saturated heterocycles. The number of hydrogen-bond donors (Lipinski definition) is 0. The number of piperazine rings is 1. The third-order valence-electron chi connectivity index (χ3n) is 2.92. The highest BCUT2D eigenvalue weighted by Crippen LogP contribution is 2.23. The summed E-state index contributed by atoms with van der Waals surface area (Å²) in [5, 5.41) is 0. The minimum absolute atomic E-state index is 0.183. The highest BCUT2D eigenvalue weighted by molar-refractivity contribution is 14.1. The molecule has 0 saturated carbocycles. The van der Waals surface area contributed by atoms with Gasteiger partial charge in [0.2, 0.25) is 5.91 Å². The molecule has 0 aliphatic carbocycles. The molecule has 0 spiro atoms. The number of benzene rings is 1. The van der Waals surface area contributed by atoms with Crippen LogP contribution in [0, 0.1) is 3.57 Å². The number of carbonyl (C=O) groups is 1. The number of para-hydroxylation sites is 1. The molecule has 0 N–H and O–H groups in total. The number of anilines is 1. The van der Waals surface area contributed by atoms with Crippen molar-refractivity contribution in [3.05, 3.63) is 27.8 Å². The molecule has 1 aliphatic heterocycles. The van der Waals surface area contributed by atoms with Crippen LogP contribution in [-0.2, 0) is 4.79 Å². The van der Waals surface area contributed by atoms with Gasteiger partial charge in [-0.1, -0.05) is 12.1 Å². The van der Waals surface area contributed by atoms with Crippen LogP contribution < -0.4 is 4.90 Å². The van der Waals surface area contributed by atoms with Gasteiger partial charge in [0.05, 0.1) is 5.69 Å². The first-order valence-electron chi connectivity index (χ1n) is 5.43. The number of rotatable bonds is 1. The van der Waals surface area contributed by atoms with E-state index in [4.69, 9.17) is 0 Å². The maximum atomic E-state index is 11.2. The van der Waals surface area contributed by atoms with Crippen molar-refractivity contribution in [1.29, 1.82) is 0 Å². The molecular formula is C12H15IN2O. The topological polar surface area (TPSA) is 23.6 Å². The van der Waals surface area contributed by atoms with E-state index < -0.39 is 0 Å². The van der Waals surface area contributed by atoms with E-state index in [-0.39, 0.29) is 5.91 Å². The van der Waals surface area contributed by atoms with Crippen LogP contribution in [0.15, 0.2) is 24.3 Å². The van der Waals surface area contributed by atoms with Crippen LogP contribution in [0.5, 0.6) is 0 Å². The first-order valence-corrected chi connectivity index (χ1v) is 6.51. The minimum atomic E-state index is 0.183. The van der Waals surface area contributed by atoms with Gasteiger partial charge >= 0.3 is 0 Å². The molecule has 1 aromatic carbocycles. The Labute approximate surface area is 110 Å². The summed E-state index contributed by atoms with van der Waals surface area (Å²) in [6.07, 6.45) is 0. The number of halogens is 1. The van der Waals surface area contributed by atoms with Gasteiger partial charge in [0.1, 0.15) is 0 Å². The van der Waals surface area contributed by atoms with Gasteiger partial charge in [-0.05, 0) is 34.7 Å². The van der Waals surface area contributed by atoms with Crippen LogP contribution in [0.1, 0.15) is 6.92 Å². The molecule has 1 aliphatic rings. The van der Waals surface area contributed by atoms with Gasteiger partial charge in [-0.25, -0.2) is 0 Å². The molecule has 2 rings (SSSR count). The zero-order valence-electron chi connectivity index (χ0n) is 9.32. The monoisotopic (exact) mass is 330 g/mol. The summed E-state index contributed by atoms with van der Waals surface area (Å²) in [7, 11) is 0. The van der Waals surface area contributed by atoms with Gasteiger partial charge in [0.25, 0.3) is 0 Å². The van der Waals surface area contributed by atoms with E-state index >= 15 is 0 Å². The average molecular weight is 330 g/mol. The summed E-state index contributed by atoms with van der Waals surface area (Å²) in [5.74, 6) is 0.183. The second-order valence-corrected chi connectivity index (χ2v) is 5.11. The molecule has 1 amide bonds. The molecule has 1 aromatic rings. The van der Waals surface area contributed by atoms with E-state index in [1.807, 2.05) is 4.90 Å². The average Bonchev–Trinajstić information content (AvgIpc) is 2.30. The fourth-order valence-electron chi connectivity index (χ4n) is 1.97. The maximum Gasteiger partial charge on any atom is 0.219 e. The maximum absolute atomic E-state index is 11.2. The van der Waals surface area contributed by atoms with Crippen LogP contribution in [-0.4, -0.2) is 37.0 Å². The van der Waals surface area contributed by atoms with Gasteiger partial charge < -0.3 is 9.80 Å². The quantitative estimate of drug-likeness (QED) is 0.735. The van der Waals surface area contributed by atoms with Gasteiger partial charge in [-0.2, -0.15) is 0 Å². The Kier molecular flexibility index (Phi) is 3.68. The number of carbonyl (C=O) groups excluding carboxylic acids is 1. The van der Waals surface area contributed by atoms with Gasteiger partial charge in [0.15, 0.2) is 0 Å². The van der Waals surface area contributed by atoms with Crippen molar-refractivity contribution in [1.82, 2.24) is 4.90 Å². The highest BCUT2D eigenvalue weighted by atomic mass is 127. The Balaban J connectivity index is 2.05. The summed E-state index contributed by atoms with van der Waals surface area (Å²) < 4.78 is 1.27. The first-order chi connectivity index (χ1) is 7.68. The molecule has 0 unspecified atom stereocenters. The Morgan fingerprint density at radius 1 is 1.19 bits per heavy atom. The molecule has 1 fully saturated rings. The number of amides is 1. The van der Waals surface area contributed by atoms with Gasteiger partial charge in [0, 0.05) is 36.7 Å². The molecule has 0 aromatic heterocycles.